The number of pyridine rings is 1. The Hall–Kier alpha value is -2.41. The molecule has 2 heterocycles. The second-order valence-corrected chi connectivity index (χ2v) is 6.25. The molecular weight excluding hydrogens is 470 g/mol. The highest BCUT2D eigenvalue weighted by atomic mass is 127. The van der Waals surface area contributed by atoms with Crippen molar-refractivity contribution in [1.82, 2.24) is 15.2 Å². The standard InChI is InChI=1S/C20H23FN6.HI/c1-2-23-20(25-15-17-7-6-16(14-22)13-18(17)21)27-11-9-26(10-12-27)19-5-3-4-8-24-19;/h3-8,13H,2,9-12,15H2,1H3,(H,23,25);1H. The Balaban J connectivity index is 0.00000280. The Morgan fingerprint density at radius 3 is 2.64 bits per heavy atom. The maximum absolute atomic E-state index is 14.1. The molecule has 0 atom stereocenters. The van der Waals surface area contributed by atoms with E-state index in [1.54, 1.807) is 18.3 Å². The summed E-state index contributed by atoms with van der Waals surface area (Å²) in [6.07, 6.45) is 1.80. The first kappa shape index (κ1) is 21.9. The first-order chi connectivity index (χ1) is 13.2. The number of benzene rings is 1. The van der Waals surface area contributed by atoms with E-state index in [-0.39, 0.29) is 30.5 Å². The lowest BCUT2D eigenvalue weighted by Gasteiger charge is -2.37. The third kappa shape index (κ3) is 5.55. The van der Waals surface area contributed by atoms with Gasteiger partial charge in [0.25, 0.3) is 0 Å². The molecule has 28 heavy (non-hydrogen) atoms. The summed E-state index contributed by atoms with van der Waals surface area (Å²) >= 11 is 0. The van der Waals surface area contributed by atoms with Crippen LogP contribution in [0.4, 0.5) is 10.2 Å². The molecule has 1 aliphatic heterocycles. The van der Waals surface area contributed by atoms with Crippen LogP contribution in [-0.2, 0) is 6.54 Å². The highest BCUT2D eigenvalue weighted by Crippen LogP contribution is 2.14. The number of aromatic nitrogens is 1. The van der Waals surface area contributed by atoms with Gasteiger partial charge in [-0.05, 0) is 31.2 Å². The van der Waals surface area contributed by atoms with Crippen LogP contribution in [0.15, 0.2) is 47.6 Å². The maximum atomic E-state index is 14.1. The molecule has 0 spiro atoms. The molecule has 2 aromatic rings. The van der Waals surface area contributed by atoms with Gasteiger partial charge in [-0.25, -0.2) is 14.4 Å². The van der Waals surface area contributed by atoms with Gasteiger partial charge >= 0.3 is 0 Å². The minimum Gasteiger partial charge on any atom is -0.357 e. The van der Waals surface area contributed by atoms with Crippen molar-refractivity contribution < 1.29 is 4.39 Å². The molecule has 0 amide bonds. The Labute approximate surface area is 182 Å². The fourth-order valence-corrected chi connectivity index (χ4v) is 3.02. The van der Waals surface area contributed by atoms with Crippen molar-refractivity contribution in [3.05, 3.63) is 59.5 Å². The Kier molecular flexibility index (Phi) is 8.44. The Morgan fingerprint density at radius 2 is 2.04 bits per heavy atom. The summed E-state index contributed by atoms with van der Waals surface area (Å²) < 4.78 is 14.1. The van der Waals surface area contributed by atoms with Crippen LogP contribution >= 0.6 is 24.0 Å². The number of rotatable bonds is 4. The van der Waals surface area contributed by atoms with Crippen molar-refractivity contribution in [1.29, 1.82) is 5.26 Å². The van der Waals surface area contributed by atoms with Crippen molar-refractivity contribution in [3.63, 3.8) is 0 Å². The number of guanidine groups is 1. The summed E-state index contributed by atoms with van der Waals surface area (Å²) in [6, 6.07) is 12.4. The molecule has 0 aliphatic carbocycles. The van der Waals surface area contributed by atoms with Crippen LogP contribution in [0.5, 0.6) is 0 Å². The molecular formula is C20H24FIN6. The lowest BCUT2D eigenvalue weighted by molar-refractivity contribution is 0.371. The minimum atomic E-state index is -0.395. The Bertz CT molecular complexity index is 828. The number of halogens is 2. The highest BCUT2D eigenvalue weighted by molar-refractivity contribution is 14.0. The molecule has 1 fully saturated rings. The fraction of sp³-hybridized carbons (Fsp3) is 0.350. The number of nitrogens with one attached hydrogen (secondary N) is 1. The zero-order chi connectivity index (χ0) is 19.1. The van der Waals surface area contributed by atoms with E-state index >= 15 is 0 Å². The molecule has 8 heteroatoms. The predicted octanol–water partition coefficient (Wildman–Crippen LogP) is 3.00. The third-order valence-electron chi connectivity index (χ3n) is 4.47. The van der Waals surface area contributed by atoms with E-state index in [2.05, 4.69) is 25.1 Å². The topological polar surface area (TPSA) is 67.6 Å². The largest absolute Gasteiger partial charge is 0.357 e. The number of anilines is 1. The van der Waals surface area contributed by atoms with Gasteiger partial charge in [-0.2, -0.15) is 5.26 Å². The van der Waals surface area contributed by atoms with Crippen molar-refractivity contribution in [3.8, 4) is 6.07 Å². The minimum absolute atomic E-state index is 0. The number of aliphatic imine (C=N–C) groups is 1. The Morgan fingerprint density at radius 1 is 1.25 bits per heavy atom. The van der Waals surface area contributed by atoms with Gasteiger partial charge < -0.3 is 15.1 Å². The van der Waals surface area contributed by atoms with Crippen molar-refractivity contribution in [2.45, 2.75) is 13.5 Å². The van der Waals surface area contributed by atoms with E-state index in [1.165, 1.54) is 6.07 Å². The summed E-state index contributed by atoms with van der Waals surface area (Å²) in [4.78, 5) is 13.4. The van der Waals surface area contributed by atoms with Gasteiger partial charge in [-0.15, -0.1) is 24.0 Å². The zero-order valence-electron chi connectivity index (χ0n) is 15.8. The van der Waals surface area contributed by atoms with Crippen molar-refractivity contribution in [2.75, 3.05) is 37.6 Å². The molecule has 148 valence electrons. The molecule has 1 aromatic heterocycles. The van der Waals surface area contributed by atoms with Crippen molar-refractivity contribution >= 4 is 35.8 Å². The molecule has 0 bridgehead atoms. The van der Waals surface area contributed by atoms with Crippen LogP contribution in [0.3, 0.4) is 0 Å². The monoisotopic (exact) mass is 494 g/mol. The van der Waals surface area contributed by atoms with E-state index in [0.717, 1.165) is 44.5 Å². The molecule has 1 saturated heterocycles. The maximum Gasteiger partial charge on any atom is 0.194 e. The molecule has 1 N–H and O–H groups in total. The first-order valence-electron chi connectivity index (χ1n) is 9.09. The van der Waals surface area contributed by atoms with Gasteiger partial charge in [-0.1, -0.05) is 12.1 Å². The molecule has 6 nitrogen and oxygen atoms in total. The van der Waals surface area contributed by atoms with E-state index in [9.17, 15) is 4.39 Å². The highest BCUT2D eigenvalue weighted by Gasteiger charge is 2.20. The molecule has 1 aliphatic rings. The lowest BCUT2D eigenvalue weighted by atomic mass is 10.1. The fourth-order valence-electron chi connectivity index (χ4n) is 3.02. The van der Waals surface area contributed by atoms with Gasteiger partial charge in [0.15, 0.2) is 5.96 Å². The smallest absolute Gasteiger partial charge is 0.194 e. The molecule has 1 aromatic carbocycles. The number of piperazine rings is 1. The number of hydrogen-bond acceptors (Lipinski definition) is 4. The summed E-state index contributed by atoms with van der Waals surface area (Å²) in [5, 5.41) is 12.1. The summed E-state index contributed by atoms with van der Waals surface area (Å²) in [5.41, 5.74) is 0.800. The molecule has 0 unspecified atom stereocenters. The quantitative estimate of drug-likeness (QED) is 0.402. The van der Waals surface area contributed by atoms with E-state index in [4.69, 9.17) is 5.26 Å². The third-order valence-corrected chi connectivity index (χ3v) is 4.47. The van der Waals surface area contributed by atoms with Gasteiger partial charge in [0.1, 0.15) is 11.6 Å². The average Bonchev–Trinajstić information content (AvgIpc) is 2.72. The summed E-state index contributed by atoms with van der Waals surface area (Å²) in [7, 11) is 0. The molecule has 0 saturated carbocycles. The molecule has 3 rings (SSSR count). The molecule has 0 radical (unpaired) electrons. The van der Waals surface area contributed by atoms with E-state index in [1.807, 2.05) is 31.2 Å². The van der Waals surface area contributed by atoms with Crippen LogP contribution in [0.2, 0.25) is 0 Å². The van der Waals surface area contributed by atoms with Crippen LogP contribution in [0, 0.1) is 17.1 Å². The summed E-state index contributed by atoms with van der Waals surface area (Å²) in [6.45, 7) is 6.34. The van der Waals surface area contributed by atoms with Crippen molar-refractivity contribution in [2.24, 2.45) is 4.99 Å². The lowest BCUT2D eigenvalue weighted by Crippen LogP contribution is -2.52. The SMILES string of the molecule is CCNC(=NCc1ccc(C#N)cc1F)N1CCN(c2ccccn2)CC1.I. The zero-order valence-corrected chi connectivity index (χ0v) is 18.1. The predicted molar refractivity (Wildman–Crippen MR) is 119 cm³/mol. The van der Waals surface area contributed by atoms with Crippen LogP contribution < -0.4 is 10.2 Å². The normalized spacial score (nSPS) is 14.2. The van der Waals surface area contributed by atoms with Gasteiger partial charge in [0.05, 0.1) is 18.2 Å². The van der Waals surface area contributed by atoms with E-state index in [0.29, 0.717) is 11.1 Å². The van der Waals surface area contributed by atoms with Crippen LogP contribution in [-0.4, -0.2) is 48.6 Å². The van der Waals surface area contributed by atoms with E-state index < -0.39 is 5.82 Å². The second-order valence-electron chi connectivity index (χ2n) is 6.25. The number of hydrogen-bond donors (Lipinski definition) is 1. The number of nitrogens with zero attached hydrogens (tertiary/aromatic N) is 5. The second kappa shape index (κ2) is 10.8. The first-order valence-corrected chi connectivity index (χ1v) is 9.09. The van der Waals surface area contributed by atoms with Gasteiger partial charge in [0, 0.05) is 44.5 Å². The van der Waals surface area contributed by atoms with Crippen LogP contribution in [0.1, 0.15) is 18.1 Å². The van der Waals surface area contributed by atoms with Gasteiger partial charge in [-0.3, -0.25) is 0 Å². The average molecular weight is 494 g/mol. The summed E-state index contributed by atoms with van der Waals surface area (Å²) in [5.74, 6) is 1.37. The number of nitriles is 1. The van der Waals surface area contributed by atoms with Gasteiger partial charge in [0.2, 0.25) is 0 Å². The van der Waals surface area contributed by atoms with Crippen LogP contribution in [0.25, 0.3) is 0 Å².